The first-order valence-electron chi connectivity index (χ1n) is 3.59. The van der Waals surface area contributed by atoms with Crippen molar-refractivity contribution in [1.82, 2.24) is 0 Å². The van der Waals surface area contributed by atoms with Gasteiger partial charge in [0.25, 0.3) is 0 Å². The maximum absolute atomic E-state index is 12.6. The number of carboxylic acids is 1. The number of benzene rings is 1. The highest BCUT2D eigenvalue weighted by Gasteiger charge is 2.06. The Labute approximate surface area is 77.9 Å². The molecule has 0 atom stereocenters. The maximum Gasteiger partial charge on any atom is 0.364 e. The van der Waals surface area contributed by atoms with Gasteiger partial charge >= 0.3 is 5.97 Å². The van der Waals surface area contributed by atoms with E-state index in [0.717, 1.165) is 18.2 Å². The molecule has 0 radical (unpaired) electrons. The fourth-order valence-corrected chi connectivity index (χ4v) is 0.888. The van der Waals surface area contributed by atoms with Gasteiger partial charge in [-0.25, -0.2) is 9.18 Å². The van der Waals surface area contributed by atoms with Crippen LogP contribution in [-0.2, 0) is 4.79 Å². The van der Waals surface area contributed by atoms with Gasteiger partial charge in [-0.2, -0.15) is 4.39 Å². The molecule has 0 saturated heterocycles. The SMILES string of the molecule is O=C(O)/C(F)=C/c1cc(O)cc(F)c1. The molecule has 0 amide bonds. The van der Waals surface area contributed by atoms with Crippen LogP contribution in [0.15, 0.2) is 24.0 Å². The lowest BCUT2D eigenvalue weighted by atomic mass is 10.2. The number of aliphatic carboxylic acids is 1. The summed E-state index contributed by atoms with van der Waals surface area (Å²) in [6.45, 7) is 0. The topological polar surface area (TPSA) is 57.5 Å². The molecule has 0 aliphatic heterocycles. The van der Waals surface area contributed by atoms with E-state index >= 15 is 0 Å². The summed E-state index contributed by atoms with van der Waals surface area (Å²) >= 11 is 0. The Hall–Kier alpha value is -1.91. The van der Waals surface area contributed by atoms with Crippen molar-refractivity contribution in [1.29, 1.82) is 0 Å². The van der Waals surface area contributed by atoms with E-state index in [4.69, 9.17) is 10.2 Å². The molecular weight excluding hydrogens is 194 g/mol. The van der Waals surface area contributed by atoms with Gasteiger partial charge in [0.05, 0.1) is 0 Å². The fourth-order valence-electron chi connectivity index (χ4n) is 0.888. The Morgan fingerprint density at radius 3 is 2.50 bits per heavy atom. The highest BCUT2D eigenvalue weighted by atomic mass is 19.1. The van der Waals surface area contributed by atoms with E-state index in [2.05, 4.69) is 0 Å². The molecule has 2 N–H and O–H groups in total. The lowest BCUT2D eigenvalue weighted by Crippen LogP contribution is -1.94. The quantitative estimate of drug-likeness (QED) is 0.717. The molecule has 0 unspecified atom stereocenters. The number of carbonyl (C=O) groups is 1. The zero-order valence-electron chi connectivity index (χ0n) is 6.87. The average Bonchev–Trinajstić information content (AvgIpc) is 2.01. The molecule has 14 heavy (non-hydrogen) atoms. The normalized spacial score (nSPS) is 11.4. The number of aromatic hydroxyl groups is 1. The summed E-state index contributed by atoms with van der Waals surface area (Å²) in [5.74, 6) is -4.33. The number of hydrogen-bond donors (Lipinski definition) is 2. The van der Waals surface area contributed by atoms with Gasteiger partial charge in [0.15, 0.2) is 0 Å². The number of phenolic OH excluding ortho intramolecular Hbond substituents is 1. The van der Waals surface area contributed by atoms with Crippen LogP contribution in [0.2, 0.25) is 0 Å². The van der Waals surface area contributed by atoms with Gasteiger partial charge in [-0.1, -0.05) is 0 Å². The molecule has 0 spiro atoms. The van der Waals surface area contributed by atoms with E-state index in [-0.39, 0.29) is 5.56 Å². The molecule has 0 aromatic heterocycles. The number of phenols is 1. The molecule has 0 fully saturated rings. The third kappa shape index (κ3) is 2.55. The molecule has 5 heteroatoms. The fraction of sp³-hybridized carbons (Fsp3) is 0. The first-order chi connectivity index (χ1) is 6.49. The van der Waals surface area contributed by atoms with Crippen molar-refractivity contribution < 1.29 is 23.8 Å². The average molecular weight is 200 g/mol. The van der Waals surface area contributed by atoms with E-state index in [9.17, 15) is 13.6 Å². The summed E-state index contributed by atoms with van der Waals surface area (Å²) in [7, 11) is 0. The molecule has 1 aromatic carbocycles. The molecule has 1 rings (SSSR count). The molecule has 1 aromatic rings. The Bertz CT molecular complexity index is 379. The number of carboxylic acid groups (broad SMARTS) is 1. The van der Waals surface area contributed by atoms with Gasteiger partial charge in [0.1, 0.15) is 11.6 Å². The van der Waals surface area contributed by atoms with Crippen LogP contribution in [0.3, 0.4) is 0 Å². The first kappa shape index (κ1) is 10.2. The van der Waals surface area contributed by atoms with Gasteiger partial charge in [-0.3, -0.25) is 0 Å². The van der Waals surface area contributed by atoms with Crippen molar-refractivity contribution in [3.05, 3.63) is 35.4 Å². The molecular formula is C9H6F2O3. The summed E-state index contributed by atoms with van der Waals surface area (Å²) in [5.41, 5.74) is -0.0533. The van der Waals surface area contributed by atoms with Crippen LogP contribution in [0.25, 0.3) is 6.08 Å². The van der Waals surface area contributed by atoms with E-state index in [1.54, 1.807) is 0 Å². The lowest BCUT2D eigenvalue weighted by molar-refractivity contribution is -0.134. The molecule has 0 aliphatic rings. The minimum absolute atomic E-state index is 0.0533. The highest BCUT2D eigenvalue weighted by molar-refractivity contribution is 5.89. The van der Waals surface area contributed by atoms with Gasteiger partial charge in [0, 0.05) is 6.07 Å². The number of hydrogen-bond acceptors (Lipinski definition) is 2. The molecule has 0 aliphatic carbocycles. The summed E-state index contributed by atoms with van der Waals surface area (Å²) in [6.07, 6.45) is 0.616. The van der Waals surface area contributed by atoms with Crippen LogP contribution in [-0.4, -0.2) is 16.2 Å². The summed E-state index contributed by atoms with van der Waals surface area (Å²) in [6, 6.07) is 2.78. The van der Waals surface area contributed by atoms with Crippen molar-refractivity contribution in [3.63, 3.8) is 0 Å². The summed E-state index contributed by atoms with van der Waals surface area (Å²) < 4.78 is 25.2. The molecule has 0 heterocycles. The van der Waals surface area contributed by atoms with Gasteiger partial charge in [-0.15, -0.1) is 0 Å². The Balaban J connectivity index is 3.08. The Morgan fingerprint density at radius 2 is 2.00 bits per heavy atom. The Kier molecular flexibility index (Phi) is 2.81. The minimum atomic E-state index is -1.74. The molecule has 0 saturated carbocycles. The van der Waals surface area contributed by atoms with Crippen LogP contribution in [0.1, 0.15) is 5.56 Å². The van der Waals surface area contributed by atoms with Gasteiger partial charge in [-0.05, 0) is 23.8 Å². The monoisotopic (exact) mass is 200 g/mol. The van der Waals surface area contributed by atoms with Crippen molar-refractivity contribution in [3.8, 4) is 5.75 Å². The minimum Gasteiger partial charge on any atom is -0.508 e. The standard InChI is InChI=1S/C9H6F2O3/c10-6-1-5(2-7(12)4-6)3-8(11)9(13)14/h1-4,12H,(H,13,14)/b8-3-. The maximum atomic E-state index is 12.6. The zero-order valence-corrected chi connectivity index (χ0v) is 6.87. The van der Waals surface area contributed by atoms with Crippen LogP contribution >= 0.6 is 0 Å². The highest BCUT2D eigenvalue weighted by Crippen LogP contribution is 2.17. The summed E-state index contributed by atoms with van der Waals surface area (Å²) in [4.78, 5) is 10.1. The first-order valence-corrected chi connectivity index (χ1v) is 3.59. The predicted octanol–water partition coefficient (Wildman–Crippen LogP) is 1.93. The number of halogens is 2. The van der Waals surface area contributed by atoms with E-state index < -0.39 is 23.4 Å². The lowest BCUT2D eigenvalue weighted by Gasteiger charge is -1.96. The summed E-state index contributed by atoms with van der Waals surface area (Å²) in [5, 5.41) is 17.1. The zero-order chi connectivity index (χ0) is 10.7. The third-order valence-electron chi connectivity index (χ3n) is 1.40. The van der Waals surface area contributed by atoms with Crippen LogP contribution < -0.4 is 0 Å². The predicted molar refractivity (Wildman–Crippen MR) is 44.8 cm³/mol. The molecule has 3 nitrogen and oxygen atoms in total. The second kappa shape index (κ2) is 3.87. The second-order valence-electron chi connectivity index (χ2n) is 2.54. The molecule has 74 valence electrons. The van der Waals surface area contributed by atoms with Crippen LogP contribution in [0, 0.1) is 5.82 Å². The van der Waals surface area contributed by atoms with Gasteiger partial charge < -0.3 is 10.2 Å². The van der Waals surface area contributed by atoms with Crippen molar-refractivity contribution in [2.24, 2.45) is 0 Å². The van der Waals surface area contributed by atoms with Crippen LogP contribution in [0.5, 0.6) is 5.75 Å². The van der Waals surface area contributed by atoms with Gasteiger partial charge in [0.2, 0.25) is 5.83 Å². The smallest absolute Gasteiger partial charge is 0.364 e. The van der Waals surface area contributed by atoms with Crippen molar-refractivity contribution in [2.45, 2.75) is 0 Å². The second-order valence-corrected chi connectivity index (χ2v) is 2.54. The third-order valence-corrected chi connectivity index (χ3v) is 1.40. The van der Waals surface area contributed by atoms with Crippen molar-refractivity contribution in [2.75, 3.05) is 0 Å². The van der Waals surface area contributed by atoms with E-state index in [0.29, 0.717) is 6.08 Å². The van der Waals surface area contributed by atoms with E-state index in [1.165, 1.54) is 0 Å². The van der Waals surface area contributed by atoms with Crippen molar-refractivity contribution >= 4 is 12.0 Å². The number of rotatable bonds is 2. The molecule has 0 bridgehead atoms. The largest absolute Gasteiger partial charge is 0.508 e. The van der Waals surface area contributed by atoms with Crippen LogP contribution in [0.4, 0.5) is 8.78 Å². The Morgan fingerprint density at radius 1 is 1.36 bits per heavy atom. The van der Waals surface area contributed by atoms with E-state index in [1.807, 2.05) is 0 Å².